The third kappa shape index (κ3) is 1.14. The van der Waals surface area contributed by atoms with Crippen LogP contribution in [-0.4, -0.2) is 5.91 Å². The fourth-order valence-corrected chi connectivity index (χ4v) is 2.05. The number of hydrogen-bond acceptors (Lipinski definition) is 1. The van der Waals surface area contributed by atoms with Crippen LogP contribution in [0.1, 0.15) is 11.1 Å². The van der Waals surface area contributed by atoms with Crippen LogP contribution in [0.2, 0.25) is 0 Å². The first-order valence-corrected chi connectivity index (χ1v) is 4.55. The van der Waals surface area contributed by atoms with Crippen molar-refractivity contribution in [1.29, 1.82) is 0 Å². The Morgan fingerprint density at radius 2 is 2.25 bits per heavy atom. The number of nitrogens with one attached hydrogen (secondary N) is 1. The summed E-state index contributed by atoms with van der Waals surface area (Å²) in [6.45, 7) is 2.02. The van der Waals surface area contributed by atoms with E-state index in [0.29, 0.717) is 6.42 Å². The number of carbonyl (C=O) groups is 1. The zero-order valence-corrected chi connectivity index (χ0v) is 8.23. The standard InChI is InChI=1S/C9H8BrNO/c1-5-2-6(10)3-8-7(5)4-9(12)11-8/h2-3H,4H2,1H3,(H,11,12). The maximum atomic E-state index is 11.0. The van der Waals surface area contributed by atoms with Gasteiger partial charge in [-0.05, 0) is 30.2 Å². The van der Waals surface area contributed by atoms with E-state index in [4.69, 9.17) is 0 Å². The van der Waals surface area contributed by atoms with E-state index in [0.717, 1.165) is 21.3 Å². The highest BCUT2D eigenvalue weighted by Crippen LogP contribution is 2.29. The van der Waals surface area contributed by atoms with Gasteiger partial charge in [-0.1, -0.05) is 15.9 Å². The van der Waals surface area contributed by atoms with Crippen LogP contribution in [0.3, 0.4) is 0 Å². The molecule has 1 aliphatic heterocycles. The number of carbonyl (C=O) groups excluding carboxylic acids is 1. The average molecular weight is 226 g/mol. The molecule has 1 aromatic carbocycles. The van der Waals surface area contributed by atoms with Crippen molar-refractivity contribution < 1.29 is 4.79 Å². The lowest BCUT2D eigenvalue weighted by Gasteiger charge is -2.02. The third-order valence-corrected chi connectivity index (χ3v) is 2.51. The first-order chi connectivity index (χ1) is 5.66. The second-order valence-electron chi connectivity index (χ2n) is 2.97. The number of hydrogen-bond donors (Lipinski definition) is 1. The number of benzene rings is 1. The van der Waals surface area contributed by atoms with Crippen molar-refractivity contribution in [2.45, 2.75) is 13.3 Å². The van der Waals surface area contributed by atoms with Gasteiger partial charge < -0.3 is 5.32 Å². The molecule has 0 saturated heterocycles. The van der Waals surface area contributed by atoms with Gasteiger partial charge in [0.15, 0.2) is 0 Å². The van der Waals surface area contributed by atoms with Crippen molar-refractivity contribution in [3.05, 3.63) is 27.7 Å². The zero-order chi connectivity index (χ0) is 8.72. The van der Waals surface area contributed by atoms with Crippen molar-refractivity contribution >= 4 is 27.5 Å². The van der Waals surface area contributed by atoms with Gasteiger partial charge >= 0.3 is 0 Å². The van der Waals surface area contributed by atoms with E-state index in [1.54, 1.807) is 0 Å². The molecular formula is C9H8BrNO. The molecule has 62 valence electrons. The lowest BCUT2D eigenvalue weighted by molar-refractivity contribution is -0.115. The molecule has 0 aliphatic carbocycles. The van der Waals surface area contributed by atoms with Gasteiger partial charge in [-0.15, -0.1) is 0 Å². The maximum Gasteiger partial charge on any atom is 0.228 e. The molecule has 0 spiro atoms. The van der Waals surface area contributed by atoms with Gasteiger partial charge in [0.25, 0.3) is 0 Å². The molecule has 0 bridgehead atoms. The van der Waals surface area contributed by atoms with E-state index in [1.807, 2.05) is 19.1 Å². The summed E-state index contributed by atoms with van der Waals surface area (Å²) in [5, 5.41) is 2.81. The molecule has 1 N–H and O–H groups in total. The van der Waals surface area contributed by atoms with Crippen molar-refractivity contribution in [1.82, 2.24) is 0 Å². The van der Waals surface area contributed by atoms with Gasteiger partial charge in [0.1, 0.15) is 0 Å². The van der Waals surface area contributed by atoms with Crippen molar-refractivity contribution in [3.63, 3.8) is 0 Å². The van der Waals surface area contributed by atoms with Gasteiger partial charge in [0.05, 0.1) is 6.42 Å². The molecule has 0 aromatic heterocycles. The molecule has 0 radical (unpaired) electrons. The van der Waals surface area contributed by atoms with E-state index in [9.17, 15) is 4.79 Å². The van der Waals surface area contributed by atoms with Gasteiger partial charge in [0, 0.05) is 10.2 Å². The molecule has 1 aliphatic rings. The molecule has 0 saturated carbocycles. The lowest BCUT2D eigenvalue weighted by Crippen LogP contribution is -2.03. The molecule has 12 heavy (non-hydrogen) atoms. The summed E-state index contributed by atoms with van der Waals surface area (Å²) in [6, 6.07) is 3.96. The molecular weight excluding hydrogens is 218 g/mol. The van der Waals surface area contributed by atoms with Crippen LogP contribution in [-0.2, 0) is 11.2 Å². The van der Waals surface area contributed by atoms with Gasteiger partial charge in [-0.25, -0.2) is 0 Å². The third-order valence-electron chi connectivity index (χ3n) is 2.05. The molecule has 0 fully saturated rings. The van der Waals surface area contributed by atoms with Crippen molar-refractivity contribution in [2.75, 3.05) is 5.32 Å². The van der Waals surface area contributed by atoms with Crippen LogP contribution in [0.15, 0.2) is 16.6 Å². The zero-order valence-electron chi connectivity index (χ0n) is 6.65. The molecule has 2 rings (SSSR count). The normalized spacial score (nSPS) is 14.3. The summed E-state index contributed by atoms with van der Waals surface area (Å²) >= 11 is 3.38. The van der Waals surface area contributed by atoms with E-state index >= 15 is 0 Å². The molecule has 1 aromatic rings. The van der Waals surface area contributed by atoms with Gasteiger partial charge in [0.2, 0.25) is 5.91 Å². The van der Waals surface area contributed by atoms with E-state index in [-0.39, 0.29) is 5.91 Å². The van der Waals surface area contributed by atoms with E-state index in [1.165, 1.54) is 0 Å². The average Bonchev–Trinajstić information content (AvgIpc) is 2.29. The monoisotopic (exact) mass is 225 g/mol. The summed E-state index contributed by atoms with van der Waals surface area (Å²) in [6.07, 6.45) is 0.522. The Labute approximate surface area is 79.1 Å². The number of amides is 1. The number of rotatable bonds is 0. The Hall–Kier alpha value is -0.830. The Kier molecular flexibility index (Phi) is 1.68. The van der Waals surface area contributed by atoms with Gasteiger partial charge in [-0.3, -0.25) is 4.79 Å². The number of fused-ring (bicyclic) bond motifs is 1. The van der Waals surface area contributed by atoms with Crippen LogP contribution < -0.4 is 5.32 Å². The number of anilines is 1. The van der Waals surface area contributed by atoms with E-state index < -0.39 is 0 Å². The van der Waals surface area contributed by atoms with Crippen LogP contribution in [0.5, 0.6) is 0 Å². The van der Waals surface area contributed by atoms with E-state index in [2.05, 4.69) is 21.2 Å². The summed E-state index contributed by atoms with van der Waals surface area (Å²) < 4.78 is 1.01. The second kappa shape index (κ2) is 2.59. The minimum Gasteiger partial charge on any atom is -0.325 e. The first-order valence-electron chi connectivity index (χ1n) is 3.75. The molecule has 0 unspecified atom stereocenters. The smallest absolute Gasteiger partial charge is 0.228 e. The summed E-state index contributed by atoms with van der Waals surface area (Å²) in [5.41, 5.74) is 3.24. The Balaban J connectivity index is 2.59. The summed E-state index contributed by atoms with van der Waals surface area (Å²) in [5.74, 6) is 0.0891. The number of halogens is 1. The highest BCUT2D eigenvalue weighted by Gasteiger charge is 2.19. The molecule has 1 heterocycles. The highest BCUT2D eigenvalue weighted by molar-refractivity contribution is 9.10. The van der Waals surface area contributed by atoms with Gasteiger partial charge in [-0.2, -0.15) is 0 Å². The topological polar surface area (TPSA) is 29.1 Å². The predicted octanol–water partition coefficient (Wildman–Crippen LogP) is 2.25. The SMILES string of the molecule is Cc1cc(Br)cc2c1CC(=O)N2. The predicted molar refractivity (Wildman–Crippen MR) is 51.2 cm³/mol. The summed E-state index contributed by atoms with van der Waals surface area (Å²) in [7, 11) is 0. The van der Waals surface area contributed by atoms with Crippen molar-refractivity contribution in [3.8, 4) is 0 Å². The molecule has 2 nitrogen and oxygen atoms in total. The number of aryl methyl sites for hydroxylation is 1. The second-order valence-corrected chi connectivity index (χ2v) is 3.89. The Bertz CT molecular complexity index is 360. The van der Waals surface area contributed by atoms with Crippen LogP contribution in [0, 0.1) is 6.92 Å². The minimum absolute atomic E-state index is 0.0891. The molecule has 0 atom stereocenters. The first kappa shape index (κ1) is 7.80. The highest BCUT2D eigenvalue weighted by atomic mass is 79.9. The minimum atomic E-state index is 0.0891. The largest absolute Gasteiger partial charge is 0.325 e. The lowest BCUT2D eigenvalue weighted by atomic mass is 10.1. The molecule has 3 heteroatoms. The van der Waals surface area contributed by atoms with Crippen molar-refractivity contribution in [2.24, 2.45) is 0 Å². The fraction of sp³-hybridized carbons (Fsp3) is 0.222. The van der Waals surface area contributed by atoms with Crippen LogP contribution in [0.4, 0.5) is 5.69 Å². The maximum absolute atomic E-state index is 11.0. The fourth-order valence-electron chi connectivity index (χ4n) is 1.47. The Morgan fingerprint density at radius 3 is 3.00 bits per heavy atom. The Morgan fingerprint density at radius 1 is 1.50 bits per heavy atom. The van der Waals surface area contributed by atoms with Crippen LogP contribution in [0.25, 0.3) is 0 Å². The quantitative estimate of drug-likeness (QED) is 0.722. The van der Waals surface area contributed by atoms with Crippen LogP contribution >= 0.6 is 15.9 Å². The summed E-state index contributed by atoms with van der Waals surface area (Å²) in [4.78, 5) is 11.0. The molecule has 1 amide bonds.